The highest BCUT2D eigenvalue weighted by atomic mass is 16.2. The van der Waals surface area contributed by atoms with Crippen LogP contribution in [-0.2, 0) is 0 Å². The van der Waals surface area contributed by atoms with Crippen LogP contribution in [0.2, 0.25) is 0 Å². The van der Waals surface area contributed by atoms with E-state index in [0.29, 0.717) is 6.54 Å². The molecule has 0 spiro atoms. The number of carbonyl (C=O) groups excluding carboxylic acids is 1. The number of carbonyl (C=O) groups is 1. The summed E-state index contributed by atoms with van der Waals surface area (Å²) in [7, 11) is 0. The Morgan fingerprint density at radius 3 is 2.16 bits per heavy atom. The first-order valence-electron chi connectivity index (χ1n) is 8.17. The lowest BCUT2D eigenvalue weighted by Gasteiger charge is -2.18. The Hall–Kier alpha value is -3.21. The zero-order chi connectivity index (χ0) is 17.5. The lowest BCUT2D eigenvalue weighted by molar-refractivity contribution is 0.0947. The Balaban J connectivity index is 1.69. The second kappa shape index (κ2) is 8.06. The monoisotopic (exact) mass is 333 g/mol. The molecule has 0 aliphatic rings. The van der Waals surface area contributed by atoms with Crippen molar-refractivity contribution in [2.75, 3.05) is 6.54 Å². The molecule has 1 aromatic heterocycles. The molecule has 0 fully saturated rings. The molecule has 1 heterocycles. The molecule has 0 unspecified atom stereocenters. The standard InChI is InChI=1S/C20H19N3O2/c24-19-13-18(22-14-23-19)20(25)21-12-11-17(15-7-3-1-4-8-15)16-9-5-2-6-10-16/h1-10,13-14,17H,11-12H2,(H,21,25)(H,22,23,24). The summed E-state index contributed by atoms with van der Waals surface area (Å²) < 4.78 is 0. The number of hydrogen-bond acceptors (Lipinski definition) is 3. The van der Waals surface area contributed by atoms with E-state index in [0.717, 1.165) is 6.42 Å². The van der Waals surface area contributed by atoms with E-state index < -0.39 is 0 Å². The Morgan fingerprint density at radius 2 is 1.60 bits per heavy atom. The third-order valence-electron chi connectivity index (χ3n) is 4.03. The summed E-state index contributed by atoms with van der Waals surface area (Å²) in [5.41, 5.74) is 2.20. The fourth-order valence-corrected chi connectivity index (χ4v) is 2.81. The lowest BCUT2D eigenvalue weighted by atomic mass is 9.88. The minimum Gasteiger partial charge on any atom is -0.351 e. The van der Waals surface area contributed by atoms with Gasteiger partial charge in [-0.05, 0) is 17.5 Å². The fraction of sp³-hybridized carbons (Fsp3) is 0.150. The summed E-state index contributed by atoms with van der Waals surface area (Å²) in [5.74, 6) is -0.152. The second-order valence-corrected chi connectivity index (χ2v) is 5.71. The maximum Gasteiger partial charge on any atom is 0.270 e. The Morgan fingerprint density at radius 1 is 1.00 bits per heavy atom. The lowest BCUT2D eigenvalue weighted by Crippen LogP contribution is -2.28. The maximum absolute atomic E-state index is 12.1. The minimum atomic E-state index is -0.342. The van der Waals surface area contributed by atoms with Crippen LogP contribution in [0, 0.1) is 0 Å². The van der Waals surface area contributed by atoms with Gasteiger partial charge in [-0.1, -0.05) is 60.7 Å². The van der Waals surface area contributed by atoms with Crippen molar-refractivity contribution in [2.45, 2.75) is 12.3 Å². The first kappa shape index (κ1) is 16.6. The Kier molecular flexibility index (Phi) is 5.36. The number of aromatic amines is 1. The van der Waals surface area contributed by atoms with Gasteiger partial charge in [0.1, 0.15) is 5.69 Å². The van der Waals surface area contributed by atoms with Crippen molar-refractivity contribution < 1.29 is 4.79 Å². The molecule has 0 bridgehead atoms. The van der Waals surface area contributed by atoms with E-state index in [-0.39, 0.29) is 23.1 Å². The number of aromatic nitrogens is 2. The molecule has 0 saturated heterocycles. The van der Waals surface area contributed by atoms with E-state index >= 15 is 0 Å². The Bertz CT molecular complexity index is 836. The molecule has 1 amide bonds. The van der Waals surface area contributed by atoms with Gasteiger partial charge in [-0.15, -0.1) is 0 Å². The van der Waals surface area contributed by atoms with Gasteiger partial charge in [-0.2, -0.15) is 0 Å². The van der Waals surface area contributed by atoms with Crippen molar-refractivity contribution in [3.63, 3.8) is 0 Å². The van der Waals surface area contributed by atoms with Gasteiger partial charge in [0.05, 0.1) is 6.33 Å². The molecule has 5 heteroatoms. The van der Waals surface area contributed by atoms with Crippen LogP contribution in [0.15, 0.2) is 77.9 Å². The number of H-pyrrole nitrogens is 1. The van der Waals surface area contributed by atoms with Gasteiger partial charge in [0.25, 0.3) is 11.5 Å². The van der Waals surface area contributed by atoms with E-state index in [2.05, 4.69) is 39.6 Å². The topological polar surface area (TPSA) is 74.8 Å². The third-order valence-corrected chi connectivity index (χ3v) is 4.03. The number of nitrogens with zero attached hydrogens (tertiary/aromatic N) is 1. The SMILES string of the molecule is O=C(NCCC(c1ccccc1)c1ccccc1)c1cc(=O)[nH]cn1. The minimum absolute atomic E-state index is 0.125. The van der Waals surface area contributed by atoms with Crippen molar-refractivity contribution >= 4 is 5.91 Å². The number of hydrogen-bond donors (Lipinski definition) is 2. The van der Waals surface area contributed by atoms with Crippen LogP contribution < -0.4 is 10.9 Å². The van der Waals surface area contributed by atoms with Crippen molar-refractivity contribution in [3.05, 3.63) is 100 Å². The molecule has 126 valence electrons. The van der Waals surface area contributed by atoms with E-state index in [1.807, 2.05) is 36.4 Å². The summed E-state index contributed by atoms with van der Waals surface area (Å²) >= 11 is 0. The van der Waals surface area contributed by atoms with Crippen LogP contribution in [0.1, 0.15) is 34.0 Å². The van der Waals surface area contributed by atoms with E-state index in [9.17, 15) is 9.59 Å². The molecule has 25 heavy (non-hydrogen) atoms. The summed E-state index contributed by atoms with van der Waals surface area (Å²) in [4.78, 5) is 29.7. The molecule has 2 aromatic carbocycles. The summed E-state index contributed by atoms with van der Waals surface area (Å²) in [6.07, 6.45) is 1.98. The predicted molar refractivity (Wildman–Crippen MR) is 96.5 cm³/mol. The molecule has 5 nitrogen and oxygen atoms in total. The third kappa shape index (κ3) is 4.41. The summed E-state index contributed by atoms with van der Waals surface area (Å²) in [5, 5.41) is 2.84. The largest absolute Gasteiger partial charge is 0.351 e. The molecule has 0 aliphatic carbocycles. The van der Waals surface area contributed by atoms with Gasteiger partial charge < -0.3 is 10.3 Å². The zero-order valence-electron chi connectivity index (χ0n) is 13.7. The van der Waals surface area contributed by atoms with Crippen LogP contribution in [0.5, 0.6) is 0 Å². The first-order valence-corrected chi connectivity index (χ1v) is 8.17. The molecule has 0 radical (unpaired) electrons. The zero-order valence-corrected chi connectivity index (χ0v) is 13.7. The van der Waals surface area contributed by atoms with Crippen molar-refractivity contribution in [2.24, 2.45) is 0 Å². The summed E-state index contributed by atoms with van der Waals surface area (Å²) in [6.45, 7) is 0.488. The van der Waals surface area contributed by atoms with E-state index in [4.69, 9.17) is 0 Å². The maximum atomic E-state index is 12.1. The molecule has 2 N–H and O–H groups in total. The molecule has 0 aliphatic heterocycles. The number of amides is 1. The number of nitrogens with one attached hydrogen (secondary N) is 2. The summed E-state index contributed by atoms with van der Waals surface area (Å²) in [6, 6.07) is 21.6. The van der Waals surface area contributed by atoms with Gasteiger partial charge in [-0.25, -0.2) is 4.98 Å². The number of benzene rings is 2. The van der Waals surface area contributed by atoms with Crippen molar-refractivity contribution in [1.29, 1.82) is 0 Å². The van der Waals surface area contributed by atoms with Gasteiger partial charge in [0, 0.05) is 18.5 Å². The fourth-order valence-electron chi connectivity index (χ4n) is 2.81. The number of rotatable bonds is 6. The molecule has 3 aromatic rings. The highest BCUT2D eigenvalue weighted by Gasteiger charge is 2.15. The second-order valence-electron chi connectivity index (χ2n) is 5.71. The van der Waals surface area contributed by atoms with Gasteiger partial charge in [0.15, 0.2) is 0 Å². The smallest absolute Gasteiger partial charge is 0.270 e. The average molecular weight is 333 g/mol. The van der Waals surface area contributed by atoms with Gasteiger partial charge in [0.2, 0.25) is 0 Å². The van der Waals surface area contributed by atoms with Gasteiger partial charge in [-0.3, -0.25) is 9.59 Å². The highest BCUT2D eigenvalue weighted by Crippen LogP contribution is 2.27. The molecular formula is C20H19N3O2. The van der Waals surface area contributed by atoms with E-state index in [1.54, 1.807) is 0 Å². The van der Waals surface area contributed by atoms with E-state index in [1.165, 1.54) is 23.5 Å². The predicted octanol–water partition coefficient (Wildman–Crippen LogP) is 2.72. The van der Waals surface area contributed by atoms with Crippen molar-refractivity contribution in [1.82, 2.24) is 15.3 Å². The molecule has 3 rings (SSSR count). The van der Waals surface area contributed by atoms with Gasteiger partial charge >= 0.3 is 0 Å². The van der Waals surface area contributed by atoms with Crippen LogP contribution in [0.25, 0.3) is 0 Å². The highest BCUT2D eigenvalue weighted by molar-refractivity contribution is 5.91. The normalized spacial score (nSPS) is 10.6. The van der Waals surface area contributed by atoms with Crippen LogP contribution >= 0.6 is 0 Å². The molecule has 0 saturated carbocycles. The average Bonchev–Trinajstić information content (AvgIpc) is 2.66. The molecular weight excluding hydrogens is 314 g/mol. The Labute approximate surface area is 145 Å². The quantitative estimate of drug-likeness (QED) is 0.728. The van der Waals surface area contributed by atoms with Crippen molar-refractivity contribution in [3.8, 4) is 0 Å². The first-order chi connectivity index (χ1) is 12.2. The van der Waals surface area contributed by atoms with Crippen LogP contribution in [-0.4, -0.2) is 22.4 Å². The molecule has 0 atom stereocenters. The van der Waals surface area contributed by atoms with Crippen LogP contribution in [0.3, 0.4) is 0 Å². The van der Waals surface area contributed by atoms with Crippen LogP contribution in [0.4, 0.5) is 0 Å².